The monoisotopic (exact) mass is 358 g/mol. The molecule has 0 saturated heterocycles. The number of hydrogen-bond acceptors (Lipinski definition) is 3. The van der Waals surface area contributed by atoms with Crippen molar-refractivity contribution in [2.45, 2.75) is 31.5 Å². The SMILES string of the molecule is O=C(NCc1cc(Cl)cc2c1OCC2)N[C@H]1c2ccccc2C[C@H]1O. The zero-order chi connectivity index (χ0) is 17.4. The third kappa shape index (κ3) is 3.17. The topological polar surface area (TPSA) is 70.6 Å². The largest absolute Gasteiger partial charge is 0.493 e. The second kappa shape index (κ2) is 6.58. The van der Waals surface area contributed by atoms with Crippen molar-refractivity contribution in [3.63, 3.8) is 0 Å². The van der Waals surface area contributed by atoms with Gasteiger partial charge in [0.15, 0.2) is 0 Å². The predicted molar refractivity (Wildman–Crippen MR) is 94.9 cm³/mol. The smallest absolute Gasteiger partial charge is 0.315 e. The lowest BCUT2D eigenvalue weighted by Gasteiger charge is -2.19. The van der Waals surface area contributed by atoms with Gasteiger partial charge in [0.25, 0.3) is 0 Å². The Morgan fingerprint density at radius 1 is 1.28 bits per heavy atom. The van der Waals surface area contributed by atoms with Gasteiger partial charge in [-0.1, -0.05) is 35.9 Å². The Morgan fingerprint density at radius 3 is 3.00 bits per heavy atom. The number of hydrogen-bond donors (Lipinski definition) is 3. The predicted octanol–water partition coefficient (Wildman–Crippen LogP) is 2.73. The second-order valence-electron chi connectivity index (χ2n) is 6.43. The fourth-order valence-electron chi connectivity index (χ4n) is 3.59. The Kier molecular flexibility index (Phi) is 4.27. The van der Waals surface area contributed by atoms with E-state index in [-0.39, 0.29) is 6.03 Å². The van der Waals surface area contributed by atoms with E-state index < -0.39 is 12.1 Å². The maximum atomic E-state index is 12.3. The molecule has 0 fully saturated rings. The van der Waals surface area contributed by atoms with Gasteiger partial charge in [0.05, 0.1) is 18.8 Å². The number of halogens is 1. The van der Waals surface area contributed by atoms with Crippen LogP contribution in [-0.2, 0) is 19.4 Å². The van der Waals surface area contributed by atoms with E-state index in [1.807, 2.05) is 36.4 Å². The highest BCUT2D eigenvalue weighted by Crippen LogP contribution is 2.33. The Bertz CT molecular complexity index is 824. The number of aliphatic hydroxyl groups is 1. The van der Waals surface area contributed by atoms with Crippen LogP contribution in [0.4, 0.5) is 4.79 Å². The normalized spacial score (nSPS) is 20.6. The number of carbonyl (C=O) groups is 1. The van der Waals surface area contributed by atoms with E-state index >= 15 is 0 Å². The van der Waals surface area contributed by atoms with Crippen LogP contribution < -0.4 is 15.4 Å². The Morgan fingerprint density at radius 2 is 2.12 bits per heavy atom. The van der Waals surface area contributed by atoms with Gasteiger partial charge in [-0.05, 0) is 28.8 Å². The van der Waals surface area contributed by atoms with Crippen molar-refractivity contribution in [1.29, 1.82) is 0 Å². The second-order valence-corrected chi connectivity index (χ2v) is 6.86. The van der Waals surface area contributed by atoms with Crippen molar-refractivity contribution in [2.75, 3.05) is 6.61 Å². The van der Waals surface area contributed by atoms with Crippen molar-refractivity contribution in [3.8, 4) is 5.75 Å². The van der Waals surface area contributed by atoms with Gasteiger partial charge in [0.2, 0.25) is 0 Å². The number of rotatable bonds is 3. The van der Waals surface area contributed by atoms with Crippen molar-refractivity contribution in [1.82, 2.24) is 10.6 Å². The van der Waals surface area contributed by atoms with Gasteiger partial charge in [-0.3, -0.25) is 0 Å². The molecular formula is C19H19ClN2O3. The van der Waals surface area contributed by atoms with Gasteiger partial charge in [-0.2, -0.15) is 0 Å². The van der Waals surface area contributed by atoms with Crippen LogP contribution in [0.5, 0.6) is 5.75 Å². The first kappa shape index (κ1) is 16.2. The lowest BCUT2D eigenvalue weighted by molar-refractivity contribution is 0.142. The number of aliphatic hydroxyl groups excluding tert-OH is 1. The van der Waals surface area contributed by atoms with E-state index in [4.69, 9.17) is 16.3 Å². The number of ether oxygens (including phenoxy) is 1. The molecule has 2 aromatic rings. The number of nitrogens with one attached hydrogen (secondary N) is 2. The number of fused-ring (bicyclic) bond motifs is 2. The van der Waals surface area contributed by atoms with E-state index in [2.05, 4.69) is 10.6 Å². The first-order valence-electron chi connectivity index (χ1n) is 8.36. The molecule has 2 aliphatic rings. The lowest BCUT2D eigenvalue weighted by Crippen LogP contribution is -2.40. The molecule has 25 heavy (non-hydrogen) atoms. The molecule has 3 N–H and O–H groups in total. The Balaban J connectivity index is 1.42. The summed E-state index contributed by atoms with van der Waals surface area (Å²) in [5.41, 5.74) is 3.98. The molecule has 6 heteroatoms. The summed E-state index contributed by atoms with van der Waals surface area (Å²) >= 11 is 6.14. The van der Waals surface area contributed by atoms with Crippen molar-refractivity contribution in [2.24, 2.45) is 0 Å². The van der Waals surface area contributed by atoms with Crippen LogP contribution in [0.25, 0.3) is 0 Å². The van der Waals surface area contributed by atoms with Crippen LogP contribution >= 0.6 is 11.6 Å². The Hall–Kier alpha value is -2.24. The molecule has 2 aromatic carbocycles. The summed E-state index contributed by atoms with van der Waals surface area (Å²) in [4.78, 5) is 12.3. The van der Waals surface area contributed by atoms with E-state index in [1.54, 1.807) is 0 Å². The molecule has 1 aliphatic carbocycles. The summed E-state index contributed by atoms with van der Waals surface area (Å²) in [7, 11) is 0. The average Bonchev–Trinajstić information content (AvgIpc) is 3.17. The van der Waals surface area contributed by atoms with E-state index in [1.165, 1.54) is 0 Å². The first-order valence-corrected chi connectivity index (χ1v) is 8.74. The van der Waals surface area contributed by atoms with Crippen LogP contribution in [0.2, 0.25) is 5.02 Å². The molecule has 4 rings (SSSR count). The van der Waals surface area contributed by atoms with Crippen LogP contribution in [-0.4, -0.2) is 23.8 Å². The van der Waals surface area contributed by atoms with Crippen molar-refractivity contribution >= 4 is 17.6 Å². The summed E-state index contributed by atoms with van der Waals surface area (Å²) in [6, 6.07) is 10.8. The highest BCUT2D eigenvalue weighted by Gasteiger charge is 2.31. The minimum Gasteiger partial charge on any atom is -0.493 e. The summed E-state index contributed by atoms with van der Waals surface area (Å²) in [5.74, 6) is 0.816. The van der Waals surface area contributed by atoms with Crippen molar-refractivity contribution in [3.05, 3.63) is 63.7 Å². The minimum atomic E-state index is -0.609. The molecule has 130 valence electrons. The minimum absolute atomic E-state index is 0.319. The summed E-state index contributed by atoms with van der Waals surface area (Å²) in [5, 5.41) is 16.6. The molecule has 0 radical (unpaired) electrons. The summed E-state index contributed by atoms with van der Waals surface area (Å²) < 4.78 is 5.64. The number of amides is 2. The summed E-state index contributed by atoms with van der Waals surface area (Å²) in [6.07, 6.45) is 0.776. The van der Waals surface area contributed by atoms with Crippen molar-refractivity contribution < 1.29 is 14.6 Å². The van der Waals surface area contributed by atoms with E-state index in [0.717, 1.165) is 34.4 Å². The number of carbonyl (C=O) groups excluding carboxylic acids is 1. The molecule has 0 unspecified atom stereocenters. The highest BCUT2D eigenvalue weighted by molar-refractivity contribution is 6.30. The third-order valence-electron chi connectivity index (χ3n) is 4.76. The fourth-order valence-corrected chi connectivity index (χ4v) is 3.86. The van der Waals surface area contributed by atoms with Crippen LogP contribution in [0.3, 0.4) is 0 Å². The average molecular weight is 359 g/mol. The molecule has 0 saturated carbocycles. The van der Waals surface area contributed by atoms with Crippen LogP contribution in [0.15, 0.2) is 36.4 Å². The fraction of sp³-hybridized carbons (Fsp3) is 0.316. The summed E-state index contributed by atoms with van der Waals surface area (Å²) in [6.45, 7) is 0.957. The maximum Gasteiger partial charge on any atom is 0.315 e. The lowest BCUT2D eigenvalue weighted by atomic mass is 10.1. The molecule has 2 atom stereocenters. The van der Waals surface area contributed by atoms with Gasteiger partial charge in [0, 0.05) is 30.0 Å². The molecule has 1 heterocycles. The molecular weight excluding hydrogens is 340 g/mol. The Labute approximate surface area is 151 Å². The first-order chi connectivity index (χ1) is 12.1. The third-order valence-corrected chi connectivity index (χ3v) is 4.97. The van der Waals surface area contributed by atoms with Gasteiger partial charge in [0.1, 0.15) is 5.75 Å². The van der Waals surface area contributed by atoms with Gasteiger partial charge < -0.3 is 20.5 Å². The molecule has 1 aliphatic heterocycles. The highest BCUT2D eigenvalue weighted by atomic mass is 35.5. The zero-order valence-corrected chi connectivity index (χ0v) is 14.3. The molecule has 0 bridgehead atoms. The van der Waals surface area contributed by atoms with Gasteiger partial charge in [-0.25, -0.2) is 4.79 Å². The number of urea groups is 1. The van der Waals surface area contributed by atoms with Crippen LogP contribution in [0, 0.1) is 0 Å². The van der Waals surface area contributed by atoms with Gasteiger partial charge in [-0.15, -0.1) is 0 Å². The number of benzene rings is 2. The van der Waals surface area contributed by atoms with Crippen LogP contribution in [0.1, 0.15) is 28.3 Å². The molecule has 0 aromatic heterocycles. The van der Waals surface area contributed by atoms with E-state index in [0.29, 0.717) is 24.6 Å². The van der Waals surface area contributed by atoms with E-state index in [9.17, 15) is 9.90 Å². The quantitative estimate of drug-likeness (QED) is 0.790. The molecule has 2 amide bonds. The molecule has 0 spiro atoms. The van der Waals surface area contributed by atoms with Gasteiger partial charge >= 0.3 is 6.03 Å². The standard InChI is InChI=1S/C19H19ClN2O3/c20-14-7-12-5-6-25-18(12)13(8-14)10-21-19(24)22-17-15-4-2-1-3-11(15)9-16(17)23/h1-4,7-8,16-17,23H,5-6,9-10H2,(H2,21,22,24)/t16-,17+/m1/s1. The maximum absolute atomic E-state index is 12.3. The molecule has 5 nitrogen and oxygen atoms in total. The zero-order valence-electron chi connectivity index (χ0n) is 13.6.